The Hall–Kier alpha value is -1.26. The number of anilines is 2. The number of amides is 1. The molecule has 0 saturated carbocycles. The molecule has 0 spiro atoms. The van der Waals surface area contributed by atoms with Gasteiger partial charge in [0.25, 0.3) is 5.91 Å². The van der Waals surface area contributed by atoms with E-state index in [2.05, 4.69) is 24.1 Å². The molecular weight excluding hydrogens is 264 g/mol. The Kier molecular flexibility index (Phi) is 2.95. The first-order chi connectivity index (χ1) is 8.97. The molecule has 1 aromatic carbocycles. The van der Waals surface area contributed by atoms with Gasteiger partial charge in [0.15, 0.2) is 6.10 Å². The van der Waals surface area contributed by atoms with Gasteiger partial charge in [0.2, 0.25) is 0 Å². The van der Waals surface area contributed by atoms with E-state index in [1.807, 2.05) is 6.07 Å². The van der Waals surface area contributed by atoms with Crippen LogP contribution in [0.25, 0.3) is 0 Å². The van der Waals surface area contributed by atoms with Crippen molar-refractivity contribution in [2.24, 2.45) is 11.8 Å². The maximum atomic E-state index is 11.5. The highest BCUT2D eigenvalue weighted by Crippen LogP contribution is 2.40. The number of nitrogens with one attached hydrogen (secondary N) is 1. The SMILES string of the molecule is CC1CN(c2cc3c(cc2Cl)C(O)C(=O)N3)CC1C. The zero-order valence-electron chi connectivity index (χ0n) is 11.0. The molecule has 2 N–H and O–H groups in total. The number of aliphatic hydroxyl groups is 1. The molecule has 3 atom stereocenters. The van der Waals surface area contributed by atoms with Crippen molar-refractivity contribution in [3.8, 4) is 0 Å². The number of carbonyl (C=O) groups excluding carboxylic acids is 1. The Morgan fingerprint density at radius 3 is 2.58 bits per heavy atom. The predicted molar refractivity (Wildman–Crippen MR) is 75.6 cm³/mol. The lowest BCUT2D eigenvalue weighted by atomic mass is 10.0. The Labute approximate surface area is 117 Å². The van der Waals surface area contributed by atoms with Crippen molar-refractivity contribution in [3.63, 3.8) is 0 Å². The van der Waals surface area contributed by atoms with Crippen molar-refractivity contribution in [1.82, 2.24) is 0 Å². The molecule has 4 nitrogen and oxygen atoms in total. The van der Waals surface area contributed by atoms with Crippen molar-refractivity contribution in [2.45, 2.75) is 20.0 Å². The van der Waals surface area contributed by atoms with Crippen LogP contribution in [0.1, 0.15) is 25.5 Å². The van der Waals surface area contributed by atoms with E-state index in [9.17, 15) is 9.90 Å². The molecule has 3 unspecified atom stereocenters. The molecule has 1 saturated heterocycles. The van der Waals surface area contributed by atoms with Gasteiger partial charge in [0.05, 0.1) is 10.7 Å². The number of fused-ring (bicyclic) bond motifs is 1. The number of aliphatic hydroxyl groups excluding tert-OH is 1. The highest BCUT2D eigenvalue weighted by atomic mass is 35.5. The molecule has 0 bridgehead atoms. The molecule has 0 aliphatic carbocycles. The number of carbonyl (C=O) groups is 1. The maximum absolute atomic E-state index is 11.5. The second-order valence-corrected chi connectivity index (χ2v) is 6.05. The number of nitrogens with zero attached hydrogens (tertiary/aromatic N) is 1. The average Bonchev–Trinajstić information content (AvgIpc) is 2.82. The van der Waals surface area contributed by atoms with Crippen molar-refractivity contribution in [1.29, 1.82) is 0 Å². The summed E-state index contributed by atoms with van der Waals surface area (Å²) < 4.78 is 0. The van der Waals surface area contributed by atoms with Gasteiger partial charge in [0, 0.05) is 24.3 Å². The van der Waals surface area contributed by atoms with Crippen LogP contribution in [0.5, 0.6) is 0 Å². The third-order valence-corrected chi connectivity index (χ3v) is 4.55. The molecule has 102 valence electrons. The first-order valence-corrected chi connectivity index (χ1v) is 6.92. The fourth-order valence-electron chi connectivity index (χ4n) is 2.82. The van der Waals surface area contributed by atoms with Crippen LogP contribution < -0.4 is 10.2 Å². The largest absolute Gasteiger partial charge is 0.378 e. The quantitative estimate of drug-likeness (QED) is 0.831. The fourth-order valence-corrected chi connectivity index (χ4v) is 3.11. The molecule has 19 heavy (non-hydrogen) atoms. The van der Waals surface area contributed by atoms with Crippen LogP contribution in [0, 0.1) is 11.8 Å². The Bertz CT molecular complexity index is 536. The lowest BCUT2D eigenvalue weighted by Gasteiger charge is -2.21. The fraction of sp³-hybridized carbons (Fsp3) is 0.500. The van der Waals surface area contributed by atoms with Crippen LogP contribution in [0.4, 0.5) is 11.4 Å². The summed E-state index contributed by atoms with van der Waals surface area (Å²) in [4.78, 5) is 13.7. The molecule has 2 aliphatic rings. The van der Waals surface area contributed by atoms with E-state index in [1.54, 1.807) is 6.07 Å². The van der Waals surface area contributed by atoms with Crippen molar-refractivity contribution < 1.29 is 9.90 Å². The van der Waals surface area contributed by atoms with Crippen LogP contribution in [-0.4, -0.2) is 24.1 Å². The molecule has 0 radical (unpaired) electrons. The Morgan fingerprint density at radius 1 is 1.32 bits per heavy atom. The van der Waals surface area contributed by atoms with Gasteiger partial charge in [-0.25, -0.2) is 0 Å². The second kappa shape index (κ2) is 4.39. The molecule has 5 heteroatoms. The minimum absolute atomic E-state index is 0.383. The smallest absolute Gasteiger partial charge is 0.257 e. The van der Waals surface area contributed by atoms with E-state index in [4.69, 9.17) is 11.6 Å². The van der Waals surface area contributed by atoms with Gasteiger partial charge >= 0.3 is 0 Å². The average molecular weight is 281 g/mol. The predicted octanol–water partition coefficient (Wildman–Crippen LogP) is 2.42. The van der Waals surface area contributed by atoms with Gasteiger partial charge in [0.1, 0.15) is 0 Å². The van der Waals surface area contributed by atoms with Gasteiger partial charge in [-0.1, -0.05) is 25.4 Å². The molecule has 2 aliphatic heterocycles. The van der Waals surface area contributed by atoms with Crippen LogP contribution in [-0.2, 0) is 4.79 Å². The highest BCUT2D eigenvalue weighted by Gasteiger charge is 2.32. The van der Waals surface area contributed by atoms with E-state index in [1.165, 1.54) is 0 Å². The lowest BCUT2D eigenvalue weighted by Crippen LogP contribution is -2.20. The number of halogens is 1. The van der Waals surface area contributed by atoms with E-state index in [-0.39, 0.29) is 5.91 Å². The molecule has 1 aromatic rings. The zero-order valence-corrected chi connectivity index (χ0v) is 11.7. The summed E-state index contributed by atoms with van der Waals surface area (Å²) in [5, 5.41) is 13.0. The third kappa shape index (κ3) is 1.99. The second-order valence-electron chi connectivity index (χ2n) is 5.64. The van der Waals surface area contributed by atoms with Crippen LogP contribution in [0.3, 0.4) is 0 Å². The molecule has 1 fully saturated rings. The maximum Gasteiger partial charge on any atom is 0.257 e. The normalized spacial score (nSPS) is 29.6. The standard InChI is InChI=1S/C14H17ClN2O2/c1-7-5-17(6-8(7)2)12-4-11-9(3-10(12)15)13(18)14(19)16-11/h3-4,7-8,13,18H,5-6H2,1-2H3,(H,16,19). The zero-order chi connectivity index (χ0) is 13.7. The lowest BCUT2D eigenvalue weighted by molar-refractivity contribution is -0.123. The number of hydrogen-bond donors (Lipinski definition) is 2. The Morgan fingerprint density at radius 2 is 1.95 bits per heavy atom. The van der Waals surface area contributed by atoms with E-state index < -0.39 is 6.10 Å². The molecule has 2 heterocycles. The molecule has 0 aromatic heterocycles. The topological polar surface area (TPSA) is 52.6 Å². The summed E-state index contributed by atoms with van der Waals surface area (Å²) in [6.45, 7) is 6.40. The molecular formula is C14H17ClN2O2. The summed E-state index contributed by atoms with van der Waals surface area (Å²) in [5.41, 5.74) is 2.18. The van der Waals surface area contributed by atoms with Gasteiger partial charge < -0.3 is 15.3 Å². The third-order valence-electron chi connectivity index (χ3n) is 4.25. The van der Waals surface area contributed by atoms with Gasteiger partial charge in [-0.05, 0) is 24.0 Å². The summed E-state index contributed by atoms with van der Waals surface area (Å²) in [5.74, 6) is 0.875. The number of hydrogen-bond acceptors (Lipinski definition) is 3. The summed E-state index contributed by atoms with van der Waals surface area (Å²) >= 11 is 6.30. The van der Waals surface area contributed by atoms with Crippen molar-refractivity contribution >= 4 is 28.9 Å². The van der Waals surface area contributed by atoms with Gasteiger partial charge in [-0.15, -0.1) is 0 Å². The van der Waals surface area contributed by atoms with E-state index in [0.29, 0.717) is 28.1 Å². The van der Waals surface area contributed by atoms with Crippen LogP contribution in [0.2, 0.25) is 5.02 Å². The van der Waals surface area contributed by atoms with Gasteiger partial charge in [-0.3, -0.25) is 4.79 Å². The van der Waals surface area contributed by atoms with E-state index >= 15 is 0 Å². The van der Waals surface area contributed by atoms with Crippen molar-refractivity contribution in [2.75, 3.05) is 23.3 Å². The molecule has 1 amide bonds. The van der Waals surface area contributed by atoms with Crippen molar-refractivity contribution in [3.05, 3.63) is 22.7 Å². The highest BCUT2D eigenvalue weighted by molar-refractivity contribution is 6.33. The van der Waals surface area contributed by atoms with Crippen LogP contribution >= 0.6 is 11.6 Å². The first-order valence-electron chi connectivity index (χ1n) is 6.54. The minimum atomic E-state index is -1.10. The van der Waals surface area contributed by atoms with E-state index in [0.717, 1.165) is 18.8 Å². The molecule has 3 rings (SSSR count). The number of benzene rings is 1. The Balaban J connectivity index is 1.97. The summed E-state index contributed by atoms with van der Waals surface area (Å²) in [6, 6.07) is 3.57. The summed E-state index contributed by atoms with van der Waals surface area (Å²) in [6.07, 6.45) is -1.10. The number of rotatable bonds is 1. The first kappa shape index (κ1) is 12.8. The monoisotopic (exact) mass is 280 g/mol. The van der Waals surface area contributed by atoms with Crippen LogP contribution in [0.15, 0.2) is 12.1 Å². The summed E-state index contributed by atoms with van der Waals surface area (Å²) in [7, 11) is 0. The van der Waals surface area contributed by atoms with Gasteiger partial charge in [-0.2, -0.15) is 0 Å². The minimum Gasteiger partial charge on any atom is -0.378 e.